The monoisotopic (exact) mass is 691 g/mol. The van der Waals surface area contributed by atoms with E-state index in [-0.39, 0.29) is 0 Å². The topological polar surface area (TPSA) is 8.17 Å². The van der Waals surface area contributed by atoms with Gasteiger partial charge in [-0.25, -0.2) is 0 Å². The van der Waals surface area contributed by atoms with Crippen molar-refractivity contribution in [1.29, 1.82) is 0 Å². The van der Waals surface area contributed by atoms with E-state index in [9.17, 15) is 0 Å². The maximum absolute atomic E-state index is 3.25. The molecule has 0 saturated carbocycles. The molecule has 8 aromatic carbocycles. The molecule has 0 aliphatic heterocycles. The molecule has 0 atom stereocenters. The van der Waals surface area contributed by atoms with Crippen molar-refractivity contribution in [3.63, 3.8) is 0 Å². The Morgan fingerprint density at radius 2 is 1.04 bits per heavy atom. The Morgan fingerprint density at radius 3 is 1.86 bits per heavy atom. The van der Waals surface area contributed by atoms with Crippen molar-refractivity contribution in [3.05, 3.63) is 188 Å². The van der Waals surface area contributed by atoms with E-state index >= 15 is 0 Å². The molecule has 3 heteroatoms. The predicted octanol–water partition coefficient (Wildman–Crippen LogP) is 11.5. The van der Waals surface area contributed by atoms with Gasteiger partial charge in [-0.15, -0.1) is 0 Å². The summed E-state index contributed by atoms with van der Waals surface area (Å²) in [5.41, 5.74) is 11.7. The first-order valence-electron chi connectivity index (χ1n) is 16.6. The molecular formula is C46H31N2Se. The van der Waals surface area contributed by atoms with Gasteiger partial charge in [0.05, 0.1) is 5.52 Å². The first-order valence-corrected chi connectivity index (χ1v) is 17.4. The Balaban J connectivity index is 1.22. The minimum absolute atomic E-state index is 1.10. The molecular weight excluding hydrogens is 659 g/mol. The van der Waals surface area contributed by atoms with Crippen LogP contribution in [0.15, 0.2) is 188 Å². The molecule has 0 saturated heterocycles. The molecule has 1 aromatic heterocycles. The molecule has 0 unspecified atom stereocenters. The molecule has 0 amide bonds. The fraction of sp³-hybridized carbons (Fsp3) is 0. The van der Waals surface area contributed by atoms with E-state index in [2.05, 4.69) is 214 Å². The summed E-state index contributed by atoms with van der Waals surface area (Å²) in [4.78, 5) is 2.40. The second-order valence-electron chi connectivity index (χ2n) is 12.3. The summed E-state index contributed by atoms with van der Waals surface area (Å²) in [7, 11) is 0. The zero-order valence-electron chi connectivity index (χ0n) is 26.7. The summed E-state index contributed by atoms with van der Waals surface area (Å²) in [6, 6.07) is 67.7. The Hall–Kier alpha value is -5.86. The van der Waals surface area contributed by atoms with Crippen molar-refractivity contribution in [2.24, 2.45) is 0 Å². The molecule has 2 nitrogen and oxygen atoms in total. The van der Waals surface area contributed by atoms with Crippen molar-refractivity contribution < 1.29 is 0 Å². The molecule has 9 aromatic rings. The zero-order chi connectivity index (χ0) is 32.7. The van der Waals surface area contributed by atoms with Crippen LogP contribution in [0.2, 0.25) is 0 Å². The van der Waals surface area contributed by atoms with E-state index in [1.54, 1.807) is 0 Å². The van der Waals surface area contributed by atoms with Crippen LogP contribution < -0.4 is 9.36 Å². The summed E-state index contributed by atoms with van der Waals surface area (Å²) in [6.07, 6.45) is 0. The summed E-state index contributed by atoms with van der Waals surface area (Å²) < 4.78 is 3.54. The Morgan fingerprint density at radius 1 is 0.408 bits per heavy atom. The number of benzene rings is 8. The third-order valence-electron chi connectivity index (χ3n) is 9.46. The van der Waals surface area contributed by atoms with Crippen LogP contribution in [-0.4, -0.2) is 20.6 Å². The third kappa shape index (κ3) is 5.21. The Kier molecular flexibility index (Phi) is 7.35. The van der Waals surface area contributed by atoms with Gasteiger partial charge in [0.15, 0.2) is 0 Å². The number of hydrogen-bond acceptors (Lipinski definition) is 1. The van der Waals surface area contributed by atoms with Crippen LogP contribution in [0.1, 0.15) is 0 Å². The van der Waals surface area contributed by atoms with Crippen LogP contribution in [-0.2, 0) is 0 Å². The van der Waals surface area contributed by atoms with Gasteiger partial charge in [-0.1, -0.05) is 60.7 Å². The molecule has 49 heavy (non-hydrogen) atoms. The van der Waals surface area contributed by atoms with Gasteiger partial charge in [-0.2, -0.15) is 0 Å². The fourth-order valence-electron chi connectivity index (χ4n) is 7.14. The molecule has 1 radical (unpaired) electrons. The molecule has 1 heterocycles. The van der Waals surface area contributed by atoms with Gasteiger partial charge in [0.25, 0.3) is 0 Å². The second-order valence-corrected chi connectivity index (χ2v) is 13.3. The molecule has 9 rings (SSSR count). The molecule has 0 aliphatic rings. The summed E-state index contributed by atoms with van der Waals surface area (Å²) in [5.74, 6) is 0. The standard InChI is InChI=1S/C46H31N2Se/c49-46-29-24-35(30-42(46)34-12-3-1-4-13-34)32-22-25-37(26-23-32)47(43-21-11-15-33-14-7-8-18-39(33)43)38-27-28-41-40-19-9-10-20-44(40)48(45(41)31-38)36-16-5-2-6-17-36/h1-31H. The number of anilines is 3. The quantitative estimate of drug-likeness (QED) is 0.158. The van der Waals surface area contributed by atoms with Crippen molar-refractivity contribution in [2.45, 2.75) is 0 Å². The molecule has 0 spiro atoms. The van der Waals surface area contributed by atoms with Crippen molar-refractivity contribution in [1.82, 2.24) is 4.57 Å². The summed E-state index contributed by atoms with van der Waals surface area (Å²) in [6.45, 7) is 0. The second kappa shape index (κ2) is 12.3. The van der Waals surface area contributed by atoms with Crippen molar-refractivity contribution >= 4 is 70.1 Å². The fourth-order valence-corrected chi connectivity index (χ4v) is 7.65. The summed E-state index contributed by atoms with van der Waals surface area (Å²) in [5, 5.41) is 4.91. The van der Waals surface area contributed by atoms with E-state index in [4.69, 9.17) is 0 Å². The number of nitrogens with zero attached hydrogens (tertiary/aromatic N) is 2. The average Bonchev–Trinajstić information content (AvgIpc) is 3.50. The van der Waals surface area contributed by atoms with Crippen LogP contribution in [0.4, 0.5) is 17.1 Å². The third-order valence-corrected chi connectivity index (χ3v) is 10.2. The summed E-state index contributed by atoms with van der Waals surface area (Å²) >= 11 is 3.25. The van der Waals surface area contributed by atoms with Crippen LogP contribution in [0, 0.1) is 0 Å². The zero-order valence-corrected chi connectivity index (χ0v) is 28.4. The molecule has 0 fully saturated rings. The predicted molar refractivity (Wildman–Crippen MR) is 209 cm³/mol. The van der Waals surface area contributed by atoms with Crippen molar-refractivity contribution in [3.8, 4) is 27.9 Å². The molecule has 0 N–H and O–H groups in total. The molecule has 0 aliphatic carbocycles. The van der Waals surface area contributed by atoms with Gasteiger partial charge in [-0.05, 0) is 18.2 Å². The molecule has 231 valence electrons. The maximum atomic E-state index is 3.25. The number of rotatable bonds is 6. The van der Waals surface area contributed by atoms with Crippen LogP contribution in [0.5, 0.6) is 0 Å². The van der Waals surface area contributed by atoms with Gasteiger partial charge in [0.2, 0.25) is 0 Å². The molecule has 0 bridgehead atoms. The number of fused-ring (bicyclic) bond motifs is 4. The van der Waals surface area contributed by atoms with Crippen LogP contribution in [0.3, 0.4) is 0 Å². The number of para-hydroxylation sites is 2. The van der Waals surface area contributed by atoms with Crippen LogP contribution in [0.25, 0.3) is 60.5 Å². The Labute approximate surface area is 294 Å². The van der Waals surface area contributed by atoms with E-state index < -0.39 is 0 Å². The first kappa shape index (κ1) is 29.3. The SMILES string of the molecule is [Se]c1ccc(-c2ccc(N(c3ccc4c5ccccc5n(-c5ccccc5)c4c3)c3cccc4ccccc34)cc2)cc1-c1ccccc1. The van der Waals surface area contributed by atoms with Gasteiger partial charge in [0, 0.05) is 16.5 Å². The number of hydrogen-bond donors (Lipinski definition) is 0. The van der Waals surface area contributed by atoms with E-state index in [0.29, 0.717) is 0 Å². The normalized spacial score (nSPS) is 11.3. The van der Waals surface area contributed by atoms with Gasteiger partial charge >= 0.3 is 190 Å². The van der Waals surface area contributed by atoms with E-state index in [0.717, 1.165) is 27.2 Å². The first-order chi connectivity index (χ1) is 24.2. The Bertz CT molecular complexity index is 2600. The minimum atomic E-state index is 1.10. The van der Waals surface area contributed by atoms with Gasteiger partial charge in [-0.3, -0.25) is 0 Å². The van der Waals surface area contributed by atoms with E-state index in [1.165, 1.54) is 54.8 Å². The van der Waals surface area contributed by atoms with Gasteiger partial charge in [0.1, 0.15) is 0 Å². The van der Waals surface area contributed by atoms with Gasteiger partial charge < -0.3 is 4.57 Å². The average molecular weight is 691 g/mol. The van der Waals surface area contributed by atoms with Crippen LogP contribution >= 0.6 is 0 Å². The van der Waals surface area contributed by atoms with Crippen molar-refractivity contribution in [2.75, 3.05) is 4.90 Å². The van der Waals surface area contributed by atoms with E-state index in [1.807, 2.05) is 0 Å². The number of aromatic nitrogens is 1.